The molecule has 0 saturated carbocycles. The third kappa shape index (κ3) is 2.09. The average molecular weight is 137 g/mol. The summed E-state index contributed by atoms with van der Waals surface area (Å²) in [7, 11) is 0.0873. The molecule has 1 aromatic rings. The molecule has 0 unspecified atom stereocenters. The third-order valence-corrected chi connectivity index (χ3v) is 1.04. The lowest BCUT2D eigenvalue weighted by Gasteiger charge is -2.00. The molecule has 52 valence electrons. The second-order valence-electron chi connectivity index (χ2n) is 1.74. The molecular formula is C6H8BNO2. The summed E-state index contributed by atoms with van der Waals surface area (Å²) in [5.74, 6) is 5.51. The van der Waals surface area contributed by atoms with Crippen molar-refractivity contribution in [1.82, 2.24) is 0 Å². The first kappa shape index (κ1) is 7.12. The Hall–Kier alpha value is -0.995. The summed E-state index contributed by atoms with van der Waals surface area (Å²) in [4.78, 5) is 0. The second-order valence-corrected chi connectivity index (χ2v) is 1.74. The fraction of sp³-hybridized carbons (Fsp3) is 0. The molecule has 0 aromatic heterocycles. The molecular weight excluding hydrogens is 129 g/mol. The van der Waals surface area contributed by atoms with Gasteiger partial charge in [-0.25, -0.2) is 5.90 Å². The number of nitrogens with two attached hydrogens (primary N) is 1. The van der Waals surface area contributed by atoms with Crippen molar-refractivity contribution in [2.24, 2.45) is 5.90 Å². The predicted molar refractivity (Wildman–Crippen MR) is 39.5 cm³/mol. The molecule has 0 aliphatic carbocycles. The second kappa shape index (κ2) is 3.92. The molecule has 0 aliphatic heterocycles. The normalized spacial score (nSPS) is 8.90. The summed E-state index contributed by atoms with van der Waals surface area (Å²) in [6.07, 6.45) is 0. The fourth-order valence-corrected chi connectivity index (χ4v) is 0.619. The van der Waals surface area contributed by atoms with E-state index in [1.807, 2.05) is 30.3 Å². The first-order chi connectivity index (χ1) is 4.93. The van der Waals surface area contributed by atoms with E-state index in [0.29, 0.717) is 0 Å². The lowest BCUT2D eigenvalue weighted by molar-refractivity contribution is 0.302. The molecule has 0 radical (unpaired) electrons. The van der Waals surface area contributed by atoms with Crippen molar-refractivity contribution in [3.8, 4) is 5.75 Å². The van der Waals surface area contributed by atoms with Crippen molar-refractivity contribution in [2.75, 3.05) is 0 Å². The van der Waals surface area contributed by atoms with Gasteiger partial charge in [-0.2, -0.15) is 0 Å². The maximum absolute atomic E-state index is 5.01. The van der Waals surface area contributed by atoms with Crippen LogP contribution in [0.15, 0.2) is 30.3 Å². The zero-order valence-electron chi connectivity index (χ0n) is 5.49. The largest absolute Gasteiger partial charge is 0.538 e. The van der Waals surface area contributed by atoms with Crippen LogP contribution >= 0.6 is 0 Å². The van der Waals surface area contributed by atoms with Crippen LogP contribution in [-0.2, 0) is 4.76 Å². The summed E-state index contributed by atoms with van der Waals surface area (Å²) in [6.45, 7) is 0. The summed E-state index contributed by atoms with van der Waals surface area (Å²) < 4.78 is 9.23. The van der Waals surface area contributed by atoms with E-state index in [9.17, 15) is 0 Å². The lowest BCUT2D eigenvalue weighted by atomic mass is 10.3. The van der Waals surface area contributed by atoms with Crippen LogP contribution in [0.1, 0.15) is 0 Å². The van der Waals surface area contributed by atoms with E-state index >= 15 is 0 Å². The van der Waals surface area contributed by atoms with Gasteiger partial charge in [-0.05, 0) is 12.1 Å². The molecule has 1 aromatic carbocycles. The molecule has 10 heavy (non-hydrogen) atoms. The molecule has 1 rings (SSSR count). The lowest BCUT2D eigenvalue weighted by Crippen LogP contribution is -2.11. The van der Waals surface area contributed by atoms with Crippen LogP contribution in [0.4, 0.5) is 0 Å². The van der Waals surface area contributed by atoms with Gasteiger partial charge in [-0.3, -0.25) is 0 Å². The Morgan fingerprint density at radius 3 is 2.50 bits per heavy atom. The summed E-state index contributed by atoms with van der Waals surface area (Å²) in [6, 6.07) is 9.34. The Balaban J connectivity index is 2.43. The number of para-hydroxylation sites is 1. The van der Waals surface area contributed by atoms with E-state index in [0.717, 1.165) is 5.75 Å². The third-order valence-electron chi connectivity index (χ3n) is 1.04. The molecule has 4 heteroatoms. The van der Waals surface area contributed by atoms with E-state index in [1.165, 1.54) is 0 Å². The van der Waals surface area contributed by atoms with Gasteiger partial charge >= 0.3 is 7.69 Å². The van der Waals surface area contributed by atoms with Gasteiger partial charge in [0.05, 0.1) is 0 Å². The average Bonchev–Trinajstić information content (AvgIpc) is 2.03. The Morgan fingerprint density at radius 2 is 1.90 bits per heavy atom. The van der Waals surface area contributed by atoms with Gasteiger partial charge in [-0.15, -0.1) is 0 Å². The summed E-state index contributed by atoms with van der Waals surface area (Å²) in [5, 5.41) is 0. The minimum Gasteiger partial charge on any atom is -0.538 e. The molecule has 0 aliphatic rings. The van der Waals surface area contributed by atoms with E-state index in [1.54, 1.807) is 0 Å². The molecule has 0 spiro atoms. The minimum absolute atomic E-state index is 0.0873. The highest BCUT2D eigenvalue weighted by atomic mass is 16.7. The van der Waals surface area contributed by atoms with Crippen LogP contribution < -0.4 is 10.6 Å². The molecule has 0 heterocycles. The zero-order chi connectivity index (χ0) is 7.23. The molecule has 0 atom stereocenters. The van der Waals surface area contributed by atoms with Crippen molar-refractivity contribution in [1.29, 1.82) is 0 Å². The Morgan fingerprint density at radius 1 is 1.20 bits per heavy atom. The highest BCUT2D eigenvalue weighted by Crippen LogP contribution is 2.06. The van der Waals surface area contributed by atoms with Crippen molar-refractivity contribution in [3.63, 3.8) is 0 Å². The topological polar surface area (TPSA) is 44.5 Å². The smallest absolute Gasteiger partial charge is 0.523 e. The van der Waals surface area contributed by atoms with Gasteiger partial charge in [0.15, 0.2) is 0 Å². The summed E-state index contributed by atoms with van der Waals surface area (Å²) in [5.41, 5.74) is 0. The molecule has 0 fully saturated rings. The molecule has 3 nitrogen and oxygen atoms in total. The van der Waals surface area contributed by atoms with Gasteiger partial charge in [0.2, 0.25) is 0 Å². The quantitative estimate of drug-likeness (QED) is 0.478. The van der Waals surface area contributed by atoms with Crippen LogP contribution in [0.3, 0.4) is 0 Å². The van der Waals surface area contributed by atoms with E-state index in [4.69, 9.17) is 10.6 Å². The number of hydrogen-bond donors (Lipinski definition) is 1. The zero-order valence-corrected chi connectivity index (χ0v) is 5.49. The van der Waals surface area contributed by atoms with Crippen LogP contribution in [0.2, 0.25) is 0 Å². The Kier molecular flexibility index (Phi) is 2.79. The first-order valence-electron chi connectivity index (χ1n) is 2.93. The van der Waals surface area contributed by atoms with Gasteiger partial charge < -0.3 is 9.41 Å². The van der Waals surface area contributed by atoms with Gasteiger partial charge in [0.1, 0.15) is 5.75 Å². The number of rotatable bonds is 3. The number of hydrogen-bond acceptors (Lipinski definition) is 3. The van der Waals surface area contributed by atoms with E-state index in [-0.39, 0.29) is 7.69 Å². The van der Waals surface area contributed by atoms with Crippen LogP contribution in [0.5, 0.6) is 5.75 Å². The Bertz CT molecular complexity index is 180. The van der Waals surface area contributed by atoms with Crippen molar-refractivity contribution in [3.05, 3.63) is 30.3 Å². The van der Waals surface area contributed by atoms with Crippen molar-refractivity contribution >= 4 is 7.69 Å². The van der Waals surface area contributed by atoms with Crippen LogP contribution in [0, 0.1) is 0 Å². The minimum atomic E-state index is 0.0873. The van der Waals surface area contributed by atoms with Gasteiger partial charge in [0, 0.05) is 0 Å². The standard InChI is InChI=1S/C6H8BNO2/c8-10-7-9-6-4-2-1-3-5-6/h1-5,7H,8H2. The van der Waals surface area contributed by atoms with Gasteiger partial charge in [0.25, 0.3) is 0 Å². The molecule has 0 amide bonds. The van der Waals surface area contributed by atoms with E-state index in [2.05, 4.69) is 4.76 Å². The first-order valence-corrected chi connectivity index (χ1v) is 2.93. The fourth-order valence-electron chi connectivity index (χ4n) is 0.619. The highest BCUT2D eigenvalue weighted by Gasteiger charge is 1.90. The molecule has 0 bridgehead atoms. The van der Waals surface area contributed by atoms with Gasteiger partial charge in [-0.1, -0.05) is 18.2 Å². The van der Waals surface area contributed by atoms with Crippen LogP contribution in [-0.4, -0.2) is 7.69 Å². The number of benzene rings is 1. The maximum Gasteiger partial charge on any atom is 0.523 e. The highest BCUT2D eigenvalue weighted by molar-refractivity contribution is 6.19. The van der Waals surface area contributed by atoms with Crippen molar-refractivity contribution in [2.45, 2.75) is 0 Å². The predicted octanol–water partition coefficient (Wildman–Crippen LogP) is 0.222. The monoisotopic (exact) mass is 137 g/mol. The maximum atomic E-state index is 5.01. The van der Waals surface area contributed by atoms with Crippen LogP contribution in [0.25, 0.3) is 0 Å². The van der Waals surface area contributed by atoms with Crippen molar-refractivity contribution < 1.29 is 9.41 Å². The molecule has 0 saturated heterocycles. The van der Waals surface area contributed by atoms with E-state index < -0.39 is 0 Å². The Labute approximate surface area is 60.0 Å². The SMILES string of the molecule is NOBOc1ccccc1. The summed E-state index contributed by atoms with van der Waals surface area (Å²) >= 11 is 0. The molecule has 2 N–H and O–H groups in total.